The molecule has 10 heteroatoms. The number of carbonyl (C=O) groups excluding carboxylic acids is 1. The number of aliphatic hydroxyl groups excluding tert-OH is 1. The number of nitrogens with zero attached hydrogens (tertiary/aromatic N) is 2. The summed E-state index contributed by atoms with van der Waals surface area (Å²) in [5.41, 5.74) is -0.438. The van der Waals surface area contributed by atoms with Crippen LogP contribution in [0.2, 0.25) is 0 Å². The van der Waals surface area contributed by atoms with Crippen molar-refractivity contribution in [2.24, 2.45) is 0 Å². The molecule has 0 aliphatic carbocycles. The number of aromatic nitrogens is 2. The maximum Gasteiger partial charge on any atom is 0.435 e. The van der Waals surface area contributed by atoms with Gasteiger partial charge in [-0.2, -0.15) is 18.3 Å². The molecule has 2 N–H and O–H groups in total. The Balaban J connectivity index is 1.80. The topological polar surface area (TPSA) is 67.2 Å². The third-order valence-corrected chi connectivity index (χ3v) is 4.92. The van der Waals surface area contributed by atoms with Crippen molar-refractivity contribution < 1.29 is 31.9 Å². The third kappa shape index (κ3) is 5.31. The highest BCUT2D eigenvalue weighted by Gasteiger charge is 2.35. The number of rotatable bonds is 7. The Morgan fingerprint density at radius 2 is 1.91 bits per heavy atom. The van der Waals surface area contributed by atoms with Gasteiger partial charge in [-0.1, -0.05) is 18.2 Å². The summed E-state index contributed by atoms with van der Waals surface area (Å²) in [5.74, 6) is -2.54. The summed E-state index contributed by atoms with van der Waals surface area (Å²) in [6, 6.07) is 9.88. The number of hydrogen-bond acceptors (Lipinski definition) is 3. The first-order valence-corrected chi connectivity index (χ1v) is 9.69. The second kappa shape index (κ2) is 9.47. The van der Waals surface area contributed by atoms with E-state index < -0.39 is 35.3 Å². The van der Waals surface area contributed by atoms with E-state index in [0.29, 0.717) is 11.1 Å². The van der Waals surface area contributed by atoms with Crippen molar-refractivity contribution >= 4 is 5.91 Å². The molecule has 0 spiro atoms. The van der Waals surface area contributed by atoms with Gasteiger partial charge in [0.15, 0.2) is 5.69 Å². The first-order chi connectivity index (χ1) is 15.1. The van der Waals surface area contributed by atoms with Crippen molar-refractivity contribution in [3.63, 3.8) is 0 Å². The molecule has 1 amide bonds. The lowest BCUT2D eigenvalue weighted by molar-refractivity contribution is -0.141. The van der Waals surface area contributed by atoms with Crippen LogP contribution in [0.3, 0.4) is 0 Å². The Morgan fingerprint density at radius 3 is 2.53 bits per heavy atom. The van der Waals surface area contributed by atoms with E-state index in [9.17, 15) is 26.7 Å². The zero-order chi connectivity index (χ0) is 23.5. The van der Waals surface area contributed by atoms with Crippen LogP contribution in [0.5, 0.6) is 0 Å². The molecule has 3 rings (SSSR count). The molecule has 0 saturated heterocycles. The first-order valence-electron chi connectivity index (χ1n) is 9.69. The van der Waals surface area contributed by atoms with Crippen molar-refractivity contribution in [3.05, 3.63) is 82.7 Å². The van der Waals surface area contributed by atoms with Gasteiger partial charge >= 0.3 is 6.18 Å². The van der Waals surface area contributed by atoms with Crippen molar-refractivity contribution in [3.8, 4) is 5.69 Å². The molecule has 5 nitrogen and oxygen atoms in total. The summed E-state index contributed by atoms with van der Waals surface area (Å²) < 4.78 is 68.1. The van der Waals surface area contributed by atoms with Crippen LogP contribution < -0.4 is 5.32 Å². The molecule has 2 aromatic carbocycles. The van der Waals surface area contributed by atoms with E-state index in [0.717, 1.165) is 22.9 Å². The van der Waals surface area contributed by atoms with Gasteiger partial charge in [0.2, 0.25) is 5.91 Å². The SMILES string of the molecule is CC(C(=O)NCc1cc(C(F)(F)F)nn1-c1cccc(F)c1)c1ccc(CCO)c(F)c1. The van der Waals surface area contributed by atoms with Crippen molar-refractivity contribution in [2.45, 2.75) is 32.0 Å². The third-order valence-electron chi connectivity index (χ3n) is 4.92. The molecule has 32 heavy (non-hydrogen) atoms. The minimum atomic E-state index is -4.72. The van der Waals surface area contributed by atoms with Crippen LogP contribution >= 0.6 is 0 Å². The lowest BCUT2D eigenvalue weighted by Gasteiger charge is -2.14. The second-order valence-electron chi connectivity index (χ2n) is 7.17. The lowest BCUT2D eigenvalue weighted by Crippen LogP contribution is -2.28. The number of carbonyl (C=O) groups is 1. The summed E-state index contributed by atoms with van der Waals surface area (Å²) in [6.45, 7) is 1.000. The Kier molecular flexibility index (Phi) is 6.93. The van der Waals surface area contributed by atoms with Gasteiger partial charge in [0.05, 0.1) is 23.8 Å². The normalized spacial score (nSPS) is 12.6. The predicted molar refractivity (Wildman–Crippen MR) is 106 cm³/mol. The molecular formula is C22H20F5N3O2. The highest BCUT2D eigenvalue weighted by molar-refractivity contribution is 5.83. The largest absolute Gasteiger partial charge is 0.435 e. The molecule has 0 radical (unpaired) electrons. The summed E-state index contributed by atoms with van der Waals surface area (Å²) in [4.78, 5) is 12.6. The van der Waals surface area contributed by atoms with E-state index in [1.54, 1.807) is 6.07 Å². The molecule has 170 valence electrons. The van der Waals surface area contributed by atoms with Gasteiger partial charge in [-0.3, -0.25) is 4.79 Å². The van der Waals surface area contributed by atoms with Crippen LogP contribution in [0.25, 0.3) is 5.69 Å². The molecule has 3 aromatic rings. The Morgan fingerprint density at radius 1 is 1.16 bits per heavy atom. The highest BCUT2D eigenvalue weighted by atomic mass is 19.4. The smallest absolute Gasteiger partial charge is 0.396 e. The number of amides is 1. The van der Waals surface area contributed by atoms with Crippen LogP contribution in [0.15, 0.2) is 48.5 Å². The van der Waals surface area contributed by atoms with Crippen molar-refractivity contribution in [1.82, 2.24) is 15.1 Å². The first kappa shape index (κ1) is 23.4. The fourth-order valence-corrected chi connectivity index (χ4v) is 3.15. The van der Waals surface area contributed by atoms with Crippen molar-refractivity contribution in [1.29, 1.82) is 0 Å². The molecular weight excluding hydrogens is 433 g/mol. The van der Waals surface area contributed by atoms with Gasteiger partial charge in [0, 0.05) is 6.61 Å². The van der Waals surface area contributed by atoms with E-state index in [-0.39, 0.29) is 31.0 Å². The van der Waals surface area contributed by atoms with Crippen LogP contribution in [0.1, 0.15) is 35.4 Å². The Hall–Kier alpha value is -3.27. The van der Waals surface area contributed by atoms with Crippen LogP contribution in [-0.2, 0) is 23.9 Å². The fourth-order valence-electron chi connectivity index (χ4n) is 3.15. The van der Waals surface area contributed by atoms with E-state index in [1.807, 2.05) is 0 Å². The minimum Gasteiger partial charge on any atom is -0.396 e. The van der Waals surface area contributed by atoms with Crippen LogP contribution in [-0.4, -0.2) is 27.4 Å². The van der Waals surface area contributed by atoms with Gasteiger partial charge < -0.3 is 10.4 Å². The number of halogens is 5. The number of alkyl halides is 3. The summed E-state index contributed by atoms with van der Waals surface area (Å²) in [7, 11) is 0. The number of hydrogen-bond donors (Lipinski definition) is 2. The van der Waals surface area contributed by atoms with E-state index in [1.165, 1.54) is 31.2 Å². The minimum absolute atomic E-state index is 0.00653. The quantitative estimate of drug-likeness (QED) is 0.529. The zero-order valence-electron chi connectivity index (χ0n) is 17.0. The van der Waals surface area contributed by atoms with Gasteiger partial charge in [-0.05, 0) is 54.8 Å². The predicted octanol–water partition coefficient (Wildman–Crippen LogP) is 4.12. The second-order valence-corrected chi connectivity index (χ2v) is 7.17. The standard InChI is InChI=1S/C22H20F5N3O2/c1-13(15-6-5-14(7-8-31)19(24)9-15)21(32)28-12-18-11-20(22(25,26)27)29-30(18)17-4-2-3-16(23)10-17/h2-6,9-11,13,31H,7-8,12H2,1H3,(H,28,32). The molecule has 1 unspecified atom stereocenters. The lowest BCUT2D eigenvalue weighted by atomic mass is 9.98. The molecule has 0 aliphatic heterocycles. The summed E-state index contributed by atoms with van der Waals surface area (Å²) in [5, 5.41) is 15.0. The van der Waals surface area contributed by atoms with Gasteiger partial charge in [0.1, 0.15) is 11.6 Å². The zero-order valence-corrected chi connectivity index (χ0v) is 17.0. The molecule has 0 aliphatic rings. The summed E-state index contributed by atoms with van der Waals surface area (Å²) in [6.07, 6.45) is -4.59. The average molecular weight is 453 g/mol. The number of nitrogens with one attached hydrogen (secondary N) is 1. The van der Waals surface area contributed by atoms with Gasteiger partial charge in [-0.15, -0.1) is 0 Å². The number of benzene rings is 2. The Labute approximate surface area is 180 Å². The number of aliphatic hydroxyl groups is 1. The van der Waals surface area contributed by atoms with Crippen LogP contribution in [0.4, 0.5) is 22.0 Å². The molecule has 0 fully saturated rings. The fraction of sp³-hybridized carbons (Fsp3) is 0.273. The van der Waals surface area contributed by atoms with Crippen molar-refractivity contribution in [2.75, 3.05) is 6.61 Å². The summed E-state index contributed by atoms with van der Waals surface area (Å²) >= 11 is 0. The van der Waals surface area contributed by atoms with Crippen LogP contribution in [0, 0.1) is 11.6 Å². The maximum atomic E-state index is 14.1. The van der Waals surface area contributed by atoms with Gasteiger partial charge in [-0.25, -0.2) is 13.5 Å². The molecule has 1 atom stereocenters. The van der Waals surface area contributed by atoms with E-state index >= 15 is 0 Å². The highest BCUT2D eigenvalue weighted by Crippen LogP contribution is 2.30. The molecule has 0 bridgehead atoms. The maximum absolute atomic E-state index is 14.1. The average Bonchev–Trinajstić information content (AvgIpc) is 3.18. The van der Waals surface area contributed by atoms with E-state index in [2.05, 4.69) is 10.4 Å². The Bertz CT molecular complexity index is 1110. The molecule has 0 saturated carbocycles. The monoisotopic (exact) mass is 453 g/mol. The molecule has 1 heterocycles. The van der Waals surface area contributed by atoms with Gasteiger partial charge in [0.25, 0.3) is 0 Å². The van der Waals surface area contributed by atoms with E-state index in [4.69, 9.17) is 5.11 Å². The molecule has 1 aromatic heterocycles.